The fourth-order valence-corrected chi connectivity index (χ4v) is 6.18. The Morgan fingerprint density at radius 2 is 1.77 bits per heavy atom. The number of fused-ring (bicyclic) bond motifs is 1. The van der Waals surface area contributed by atoms with Gasteiger partial charge < -0.3 is 9.80 Å². The van der Waals surface area contributed by atoms with Gasteiger partial charge in [-0.05, 0) is 43.9 Å². The van der Waals surface area contributed by atoms with Gasteiger partial charge in [-0.3, -0.25) is 19.3 Å². The molecule has 3 aromatic carbocycles. The normalized spacial score (nSPS) is 15.9. The Kier molecular flexibility index (Phi) is 8.31. The van der Waals surface area contributed by atoms with Crippen molar-refractivity contribution in [1.82, 2.24) is 29.9 Å². The van der Waals surface area contributed by atoms with Crippen LogP contribution in [0.4, 0.5) is 5.69 Å². The van der Waals surface area contributed by atoms with Gasteiger partial charge in [-0.2, -0.15) is 5.10 Å². The fourth-order valence-electron chi connectivity index (χ4n) is 6.18. The third kappa shape index (κ3) is 5.80. The highest BCUT2D eigenvalue weighted by Crippen LogP contribution is 2.31. The molecule has 9 nitrogen and oxygen atoms in total. The number of hydrogen-bond acceptors (Lipinski definition) is 5. The van der Waals surface area contributed by atoms with E-state index in [4.69, 9.17) is 0 Å². The molecule has 5 aromatic rings. The summed E-state index contributed by atoms with van der Waals surface area (Å²) in [5.74, 6) is 0.0909. The molecule has 2 unspecified atom stereocenters. The van der Waals surface area contributed by atoms with Gasteiger partial charge in [0.1, 0.15) is 12.9 Å². The highest BCUT2D eigenvalue weighted by Gasteiger charge is 2.32. The molecule has 2 atom stereocenters. The molecule has 1 saturated heterocycles. The summed E-state index contributed by atoms with van der Waals surface area (Å²) in [6.07, 6.45) is 6.13. The molecular weight excluding hydrogens is 538 g/mol. The maximum Gasteiger partial charge on any atom is 0.242 e. The van der Waals surface area contributed by atoms with Crippen LogP contribution in [0.3, 0.4) is 0 Å². The van der Waals surface area contributed by atoms with Gasteiger partial charge in [0.15, 0.2) is 5.82 Å². The first-order valence-corrected chi connectivity index (χ1v) is 15.1. The van der Waals surface area contributed by atoms with Crippen LogP contribution in [0, 0.1) is 5.92 Å². The third-order valence-electron chi connectivity index (χ3n) is 8.46. The van der Waals surface area contributed by atoms with Crippen LogP contribution in [0.25, 0.3) is 28.0 Å². The topological polar surface area (TPSA) is 100 Å². The molecule has 6 rings (SSSR count). The van der Waals surface area contributed by atoms with Crippen molar-refractivity contribution in [3.8, 4) is 17.1 Å². The molecule has 1 aliphatic heterocycles. The molecule has 220 valence electrons. The molecular formula is C34H37N7O2. The molecule has 3 heterocycles. The van der Waals surface area contributed by atoms with Crippen molar-refractivity contribution < 1.29 is 9.59 Å². The fraction of sp³-hybridized carbons (Fsp3) is 0.324. The van der Waals surface area contributed by atoms with E-state index in [2.05, 4.69) is 27.3 Å². The number of carbonyl (C=O) groups is 2. The van der Waals surface area contributed by atoms with Crippen molar-refractivity contribution in [1.29, 1.82) is 0 Å². The van der Waals surface area contributed by atoms with Crippen LogP contribution < -0.4 is 4.90 Å². The number of anilines is 1. The Hall–Kier alpha value is -4.79. The Morgan fingerprint density at radius 1 is 1.00 bits per heavy atom. The summed E-state index contributed by atoms with van der Waals surface area (Å²) < 4.78 is 1.89. The predicted molar refractivity (Wildman–Crippen MR) is 168 cm³/mol. The second kappa shape index (κ2) is 12.6. The molecule has 9 heteroatoms. The quantitative estimate of drug-likeness (QED) is 0.239. The maximum atomic E-state index is 14.4. The monoisotopic (exact) mass is 575 g/mol. The Labute approximate surface area is 251 Å². The van der Waals surface area contributed by atoms with Crippen LogP contribution >= 0.6 is 0 Å². The van der Waals surface area contributed by atoms with Crippen LogP contribution in [0.2, 0.25) is 0 Å². The molecule has 1 fully saturated rings. The van der Waals surface area contributed by atoms with Gasteiger partial charge in [0.25, 0.3) is 0 Å². The summed E-state index contributed by atoms with van der Waals surface area (Å²) in [5.41, 5.74) is 4.05. The van der Waals surface area contributed by atoms with Crippen molar-refractivity contribution in [3.05, 3.63) is 90.9 Å². The largest absolute Gasteiger partial charge is 0.338 e. The number of carbonyl (C=O) groups excluding carboxylic acids is 2. The van der Waals surface area contributed by atoms with Gasteiger partial charge in [-0.25, -0.2) is 0 Å². The minimum atomic E-state index is -0.414. The van der Waals surface area contributed by atoms with Crippen LogP contribution in [0.5, 0.6) is 0 Å². The van der Waals surface area contributed by atoms with E-state index in [1.54, 1.807) is 11.2 Å². The smallest absolute Gasteiger partial charge is 0.242 e. The molecule has 1 N–H and O–H groups in total. The van der Waals surface area contributed by atoms with E-state index in [0.29, 0.717) is 17.9 Å². The number of likely N-dealkylation sites (tertiary alicyclic amines) is 1. The first-order chi connectivity index (χ1) is 21.0. The number of hydrogen-bond donors (Lipinski definition) is 1. The van der Waals surface area contributed by atoms with Gasteiger partial charge in [0.05, 0.1) is 16.9 Å². The van der Waals surface area contributed by atoms with Crippen molar-refractivity contribution in [3.63, 3.8) is 0 Å². The maximum absolute atomic E-state index is 14.4. The number of amides is 2. The second-order valence-corrected chi connectivity index (χ2v) is 11.3. The number of benzene rings is 3. The summed E-state index contributed by atoms with van der Waals surface area (Å²) in [5, 5.41) is 17.2. The SMILES string of the molecule is CCC1CCCCN1C(=O)CN(C(=O)C(C)Cc1[nH]nc2ccccc12)c1ccccc1-n1cnnc1-c1ccccc1. The van der Waals surface area contributed by atoms with E-state index >= 15 is 0 Å². The van der Waals surface area contributed by atoms with Gasteiger partial charge in [-0.15, -0.1) is 10.2 Å². The van der Waals surface area contributed by atoms with Crippen molar-refractivity contribution in [2.75, 3.05) is 18.0 Å². The van der Waals surface area contributed by atoms with Crippen LogP contribution in [0.15, 0.2) is 85.2 Å². The minimum Gasteiger partial charge on any atom is -0.338 e. The van der Waals surface area contributed by atoms with E-state index in [0.717, 1.165) is 60.1 Å². The lowest BCUT2D eigenvalue weighted by Crippen LogP contribution is -2.50. The third-order valence-corrected chi connectivity index (χ3v) is 8.46. The molecule has 0 aliphatic carbocycles. The molecule has 0 saturated carbocycles. The summed E-state index contributed by atoms with van der Waals surface area (Å²) in [4.78, 5) is 32.0. The van der Waals surface area contributed by atoms with Gasteiger partial charge in [0, 0.05) is 41.6 Å². The zero-order valence-corrected chi connectivity index (χ0v) is 24.7. The molecule has 43 heavy (non-hydrogen) atoms. The Morgan fingerprint density at radius 3 is 2.60 bits per heavy atom. The van der Waals surface area contributed by atoms with Gasteiger partial charge in [0.2, 0.25) is 11.8 Å². The zero-order chi connectivity index (χ0) is 29.8. The molecule has 1 aliphatic rings. The molecule has 0 bridgehead atoms. The number of nitrogens with one attached hydrogen (secondary N) is 1. The van der Waals surface area contributed by atoms with Crippen LogP contribution in [-0.2, 0) is 16.0 Å². The molecule has 2 aromatic heterocycles. The number of piperidine rings is 1. The minimum absolute atomic E-state index is 0.0269. The first kappa shape index (κ1) is 28.3. The summed E-state index contributed by atoms with van der Waals surface area (Å²) >= 11 is 0. The standard InChI is InChI=1S/C34H37N7O2/c1-3-26-15-11-12-20-39(26)32(42)22-40(34(43)24(2)21-29-27-16-7-8-17-28(27)36-37-29)30-18-9-10-19-31(30)41-23-35-38-33(41)25-13-5-4-6-14-25/h4-10,13-14,16-19,23-24,26H,3,11-12,15,20-22H2,1-2H3,(H,36,37). The summed E-state index contributed by atoms with van der Waals surface area (Å²) in [7, 11) is 0. The van der Waals surface area contributed by atoms with Crippen LogP contribution in [-0.4, -0.2) is 60.8 Å². The van der Waals surface area contributed by atoms with Gasteiger partial charge >= 0.3 is 0 Å². The van der Waals surface area contributed by atoms with Gasteiger partial charge in [-0.1, -0.05) is 74.5 Å². The predicted octanol–water partition coefficient (Wildman–Crippen LogP) is 5.81. The highest BCUT2D eigenvalue weighted by molar-refractivity contribution is 6.01. The lowest BCUT2D eigenvalue weighted by atomic mass is 9.99. The second-order valence-electron chi connectivity index (χ2n) is 11.3. The first-order valence-electron chi connectivity index (χ1n) is 15.1. The van der Waals surface area contributed by atoms with Crippen molar-refractivity contribution in [2.24, 2.45) is 5.92 Å². The number of rotatable bonds is 9. The zero-order valence-electron chi connectivity index (χ0n) is 24.7. The summed E-state index contributed by atoms with van der Waals surface area (Å²) in [6.45, 7) is 4.73. The summed E-state index contributed by atoms with van der Waals surface area (Å²) in [6, 6.07) is 25.6. The van der Waals surface area contributed by atoms with Crippen LogP contribution in [0.1, 0.15) is 45.2 Å². The number of para-hydroxylation sites is 3. The lowest BCUT2D eigenvalue weighted by Gasteiger charge is -2.37. The Bertz CT molecular complexity index is 1710. The lowest BCUT2D eigenvalue weighted by molar-refractivity contribution is -0.135. The number of aromatic amines is 1. The van der Waals surface area contributed by atoms with E-state index in [9.17, 15) is 9.59 Å². The van der Waals surface area contributed by atoms with E-state index < -0.39 is 5.92 Å². The van der Waals surface area contributed by atoms with E-state index in [1.165, 1.54) is 0 Å². The van der Waals surface area contributed by atoms with E-state index in [1.807, 2.05) is 95.3 Å². The average molecular weight is 576 g/mol. The molecule has 2 amide bonds. The van der Waals surface area contributed by atoms with Crippen molar-refractivity contribution in [2.45, 2.75) is 52.0 Å². The highest BCUT2D eigenvalue weighted by atomic mass is 16.2. The molecule has 0 radical (unpaired) electrons. The van der Waals surface area contributed by atoms with E-state index in [-0.39, 0.29) is 24.4 Å². The Balaban J connectivity index is 1.38. The number of nitrogens with zero attached hydrogens (tertiary/aromatic N) is 6. The number of aromatic nitrogens is 5. The number of H-pyrrole nitrogens is 1. The molecule has 0 spiro atoms. The van der Waals surface area contributed by atoms with Crippen molar-refractivity contribution >= 4 is 28.4 Å². The average Bonchev–Trinajstić information content (AvgIpc) is 3.71.